The van der Waals surface area contributed by atoms with Crippen molar-refractivity contribution in [3.63, 3.8) is 0 Å². The Morgan fingerprint density at radius 1 is 1.21 bits per heavy atom. The number of likely N-dealkylation sites (tertiary alicyclic amines) is 1. The lowest BCUT2D eigenvalue weighted by Crippen LogP contribution is -3.15. The first-order chi connectivity index (χ1) is 13.9. The van der Waals surface area contributed by atoms with E-state index in [2.05, 4.69) is 24.1 Å². The predicted molar refractivity (Wildman–Crippen MR) is 108 cm³/mol. The standard InChI is InChI=1S/C21H27N3O5/c1-4-27-21(26)20-19(14-6-16-17(29-11-28-16)7-15(14)22-20)23-18(25)10-24-8-12(2)5-13(3)9-24/h6-7,12-13,22H,4-5,8-11H2,1-3H3,(H,23,25)/p+1/t12-,13-/m1/s1. The summed E-state index contributed by atoms with van der Waals surface area (Å²) in [5.74, 6) is 1.77. The Bertz CT molecular complexity index is 928. The van der Waals surface area contributed by atoms with Gasteiger partial charge in [0.1, 0.15) is 5.69 Å². The molecule has 3 N–H and O–H groups in total. The number of quaternary nitrogens is 1. The predicted octanol–water partition coefficient (Wildman–Crippen LogP) is 1.57. The normalized spacial score (nSPS) is 23.2. The highest BCUT2D eigenvalue weighted by atomic mass is 16.7. The zero-order valence-electron chi connectivity index (χ0n) is 17.1. The van der Waals surface area contributed by atoms with Crippen molar-refractivity contribution in [3.8, 4) is 11.5 Å². The zero-order valence-corrected chi connectivity index (χ0v) is 17.1. The van der Waals surface area contributed by atoms with Crippen LogP contribution in [0.5, 0.6) is 11.5 Å². The smallest absolute Gasteiger partial charge is 0.356 e. The number of H-pyrrole nitrogens is 1. The first kappa shape index (κ1) is 19.6. The number of anilines is 1. The molecule has 1 fully saturated rings. The van der Waals surface area contributed by atoms with Crippen LogP contribution in [0.25, 0.3) is 10.9 Å². The van der Waals surface area contributed by atoms with E-state index in [4.69, 9.17) is 14.2 Å². The molecule has 8 nitrogen and oxygen atoms in total. The largest absolute Gasteiger partial charge is 0.461 e. The zero-order chi connectivity index (χ0) is 20.5. The molecule has 0 spiro atoms. The van der Waals surface area contributed by atoms with Crippen LogP contribution in [0, 0.1) is 11.8 Å². The summed E-state index contributed by atoms with van der Waals surface area (Å²) >= 11 is 0. The van der Waals surface area contributed by atoms with Crippen molar-refractivity contribution >= 4 is 28.5 Å². The Morgan fingerprint density at radius 3 is 2.59 bits per heavy atom. The highest BCUT2D eigenvalue weighted by molar-refractivity contribution is 6.11. The summed E-state index contributed by atoms with van der Waals surface area (Å²) in [5.41, 5.74) is 1.34. The lowest BCUT2D eigenvalue weighted by Gasteiger charge is -2.31. The monoisotopic (exact) mass is 402 g/mol. The minimum atomic E-state index is -0.506. The topological polar surface area (TPSA) is 94.1 Å². The molecule has 0 bridgehead atoms. The fourth-order valence-corrected chi connectivity index (χ4v) is 4.55. The maximum atomic E-state index is 12.8. The first-order valence-corrected chi connectivity index (χ1v) is 10.2. The number of hydrogen-bond acceptors (Lipinski definition) is 5. The van der Waals surface area contributed by atoms with Gasteiger partial charge in [-0.2, -0.15) is 0 Å². The minimum absolute atomic E-state index is 0.120. The van der Waals surface area contributed by atoms with Crippen molar-refractivity contribution in [2.75, 3.05) is 38.4 Å². The number of aromatic nitrogens is 1. The number of rotatable bonds is 5. The van der Waals surface area contributed by atoms with Gasteiger partial charge in [0.05, 0.1) is 30.9 Å². The van der Waals surface area contributed by atoms with Gasteiger partial charge >= 0.3 is 5.97 Å². The van der Waals surface area contributed by atoms with Crippen LogP contribution in [0.15, 0.2) is 12.1 Å². The van der Waals surface area contributed by atoms with Gasteiger partial charge in [-0.3, -0.25) is 4.79 Å². The van der Waals surface area contributed by atoms with Crippen LogP contribution < -0.4 is 19.7 Å². The number of aromatic amines is 1. The Balaban J connectivity index is 1.61. The molecule has 4 rings (SSSR count). The van der Waals surface area contributed by atoms with Gasteiger partial charge in [-0.15, -0.1) is 0 Å². The summed E-state index contributed by atoms with van der Waals surface area (Å²) in [6, 6.07) is 3.56. The van der Waals surface area contributed by atoms with E-state index in [1.54, 1.807) is 19.1 Å². The number of ether oxygens (including phenoxy) is 3. The van der Waals surface area contributed by atoms with Gasteiger partial charge in [-0.1, -0.05) is 13.8 Å². The third kappa shape index (κ3) is 4.03. The van der Waals surface area contributed by atoms with Crippen LogP contribution in [0.3, 0.4) is 0 Å². The SMILES string of the molecule is CCOC(=O)c1[nH]c2cc3c(cc2c1NC(=O)C[NH+]1C[C@H](C)C[C@@H](C)C1)OCO3. The van der Waals surface area contributed by atoms with Gasteiger partial charge in [-0.25, -0.2) is 4.79 Å². The number of fused-ring (bicyclic) bond motifs is 2. The molecule has 8 heteroatoms. The average molecular weight is 402 g/mol. The second-order valence-corrected chi connectivity index (χ2v) is 8.18. The fraction of sp³-hybridized carbons (Fsp3) is 0.524. The van der Waals surface area contributed by atoms with Crippen LogP contribution in [0.1, 0.15) is 37.7 Å². The Morgan fingerprint density at radius 2 is 1.90 bits per heavy atom. The van der Waals surface area contributed by atoms with Crippen molar-refractivity contribution in [3.05, 3.63) is 17.8 Å². The molecule has 2 aliphatic rings. The Kier molecular flexibility index (Phi) is 5.36. The maximum Gasteiger partial charge on any atom is 0.356 e. The van der Waals surface area contributed by atoms with Crippen molar-refractivity contribution in [1.82, 2.24) is 4.98 Å². The number of carbonyl (C=O) groups excluding carboxylic acids is 2. The van der Waals surface area contributed by atoms with Gasteiger partial charge in [-0.05, 0) is 19.4 Å². The Labute approximate surface area is 169 Å². The van der Waals surface area contributed by atoms with E-state index in [0.717, 1.165) is 13.1 Å². The van der Waals surface area contributed by atoms with Gasteiger partial charge in [0.2, 0.25) is 6.79 Å². The van der Waals surface area contributed by atoms with E-state index in [1.165, 1.54) is 11.3 Å². The molecular formula is C21H28N3O5+. The molecule has 0 unspecified atom stereocenters. The van der Waals surface area contributed by atoms with Gasteiger partial charge in [0, 0.05) is 23.3 Å². The molecule has 2 aliphatic heterocycles. The fourth-order valence-electron chi connectivity index (χ4n) is 4.55. The number of carbonyl (C=O) groups is 2. The second kappa shape index (κ2) is 7.94. The van der Waals surface area contributed by atoms with Crippen LogP contribution in [-0.2, 0) is 9.53 Å². The number of nitrogens with one attached hydrogen (secondary N) is 3. The second-order valence-electron chi connectivity index (χ2n) is 8.18. The average Bonchev–Trinajstić information content (AvgIpc) is 3.23. The van der Waals surface area contributed by atoms with Crippen LogP contribution in [-0.4, -0.2) is 49.9 Å². The molecule has 1 aromatic heterocycles. The number of hydrogen-bond donors (Lipinski definition) is 3. The summed E-state index contributed by atoms with van der Waals surface area (Å²) < 4.78 is 16.0. The molecule has 0 radical (unpaired) electrons. The molecule has 0 aliphatic carbocycles. The van der Waals surface area contributed by atoms with Crippen LogP contribution in [0.2, 0.25) is 0 Å². The molecule has 156 valence electrons. The Hall–Kier alpha value is -2.74. The third-order valence-electron chi connectivity index (χ3n) is 5.53. The molecule has 1 aromatic carbocycles. The van der Waals surface area contributed by atoms with Gasteiger partial charge in [0.25, 0.3) is 5.91 Å². The quantitative estimate of drug-likeness (QED) is 0.660. The molecule has 29 heavy (non-hydrogen) atoms. The molecule has 3 heterocycles. The molecule has 2 atom stereocenters. The number of amides is 1. The minimum Gasteiger partial charge on any atom is -0.461 e. The van der Waals surface area contributed by atoms with Crippen molar-refractivity contribution in [1.29, 1.82) is 0 Å². The van der Waals surface area contributed by atoms with E-state index in [-0.39, 0.29) is 25.0 Å². The van der Waals surface area contributed by atoms with Crippen LogP contribution in [0.4, 0.5) is 5.69 Å². The molecular weight excluding hydrogens is 374 g/mol. The first-order valence-electron chi connectivity index (χ1n) is 10.2. The van der Waals surface area contributed by atoms with E-state index in [1.807, 2.05) is 0 Å². The van der Waals surface area contributed by atoms with E-state index in [0.29, 0.717) is 46.5 Å². The number of benzene rings is 1. The van der Waals surface area contributed by atoms with E-state index >= 15 is 0 Å². The summed E-state index contributed by atoms with van der Waals surface area (Å²) in [7, 11) is 0. The van der Waals surface area contributed by atoms with Crippen molar-refractivity contribution in [2.24, 2.45) is 11.8 Å². The number of esters is 1. The summed E-state index contributed by atoms with van der Waals surface area (Å²) in [6.45, 7) is 8.94. The highest BCUT2D eigenvalue weighted by Crippen LogP contribution is 2.39. The van der Waals surface area contributed by atoms with Crippen molar-refractivity contribution in [2.45, 2.75) is 27.2 Å². The lowest BCUT2D eigenvalue weighted by atomic mass is 9.92. The maximum absolute atomic E-state index is 12.8. The summed E-state index contributed by atoms with van der Waals surface area (Å²) in [6.07, 6.45) is 1.20. The molecule has 1 saturated heterocycles. The lowest BCUT2D eigenvalue weighted by molar-refractivity contribution is -0.904. The summed E-state index contributed by atoms with van der Waals surface area (Å²) in [4.78, 5) is 29.7. The highest BCUT2D eigenvalue weighted by Gasteiger charge is 2.29. The number of piperidine rings is 1. The van der Waals surface area contributed by atoms with Gasteiger partial charge in [0.15, 0.2) is 18.0 Å². The van der Waals surface area contributed by atoms with Crippen molar-refractivity contribution < 1.29 is 28.7 Å². The molecule has 2 aromatic rings. The third-order valence-corrected chi connectivity index (χ3v) is 5.53. The summed E-state index contributed by atoms with van der Waals surface area (Å²) in [5, 5.41) is 3.65. The van der Waals surface area contributed by atoms with E-state index < -0.39 is 5.97 Å². The van der Waals surface area contributed by atoms with Crippen LogP contribution >= 0.6 is 0 Å². The molecule has 0 saturated carbocycles. The van der Waals surface area contributed by atoms with Gasteiger partial charge < -0.3 is 29.4 Å². The van der Waals surface area contributed by atoms with E-state index in [9.17, 15) is 9.59 Å². The molecule has 1 amide bonds.